The maximum absolute atomic E-state index is 13.3. The highest BCUT2D eigenvalue weighted by Gasteiger charge is 2.21. The summed E-state index contributed by atoms with van der Waals surface area (Å²) in [6, 6.07) is 7.91. The molecule has 0 saturated carbocycles. The van der Waals surface area contributed by atoms with Crippen molar-refractivity contribution in [2.45, 2.75) is 26.3 Å². The summed E-state index contributed by atoms with van der Waals surface area (Å²) in [5.41, 5.74) is 2.27. The second-order valence-electron chi connectivity index (χ2n) is 6.30. The van der Waals surface area contributed by atoms with Gasteiger partial charge in [0, 0.05) is 26.3 Å². The molecule has 3 aromatic rings. The minimum absolute atomic E-state index is 0.163. The average molecular weight is 355 g/mol. The molecule has 26 heavy (non-hydrogen) atoms. The second-order valence-corrected chi connectivity index (χ2v) is 6.30. The number of halogens is 1. The molecule has 1 aromatic carbocycles. The van der Waals surface area contributed by atoms with E-state index in [0.717, 1.165) is 6.42 Å². The number of benzene rings is 1. The Bertz CT molecular complexity index is 975. The first-order valence-corrected chi connectivity index (χ1v) is 8.54. The Morgan fingerprint density at radius 1 is 1.15 bits per heavy atom. The molecule has 3 rings (SSSR count). The van der Waals surface area contributed by atoms with Crippen molar-refractivity contribution in [1.82, 2.24) is 19.3 Å². The van der Waals surface area contributed by atoms with Crippen LogP contribution in [0.2, 0.25) is 0 Å². The van der Waals surface area contributed by atoms with Crippen molar-refractivity contribution in [2.24, 2.45) is 14.1 Å². The quantitative estimate of drug-likeness (QED) is 0.763. The van der Waals surface area contributed by atoms with E-state index in [1.807, 2.05) is 0 Å². The molecule has 6 nitrogen and oxygen atoms in total. The van der Waals surface area contributed by atoms with Gasteiger partial charge in [0.1, 0.15) is 5.82 Å². The Morgan fingerprint density at radius 3 is 2.50 bits per heavy atom. The molecule has 1 unspecified atom stereocenters. The third-order valence-corrected chi connectivity index (χ3v) is 4.54. The third-order valence-electron chi connectivity index (χ3n) is 4.54. The van der Waals surface area contributed by atoms with Crippen LogP contribution >= 0.6 is 0 Å². The van der Waals surface area contributed by atoms with Crippen LogP contribution in [0, 0.1) is 5.82 Å². The summed E-state index contributed by atoms with van der Waals surface area (Å²) in [5, 5.41) is 3.24. The van der Waals surface area contributed by atoms with E-state index < -0.39 is 0 Å². The van der Waals surface area contributed by atoms with Gasteiger partial charge in [-0.05, 0) is 37.1 Å². The zero-order chi connectivity index (χ0) is 18.8. The van der Waals surface area contributed by atoms with Crippen molar-refractivity contribution in [3.8, 4) is 22.5 Å². The van der Waals surface area contributed by atoms with Crippen molar-refractivity contribution in [3.05, 3.63) is 52.7 Å². The molecule has 0 radical (unpaired) electrons. The molecule has 0 spiro atoms. The van der Waals surface area contributed by atoms with E-state index >= 15 is 0 Å². The van der Waals surface area contributed by atoms with Gasteiger partial charge in [0.2, 0.25) is 5.95 Å². The Labute approximate surface area is 151 Å². The van der Waals surface area contributed by atoms with Crippen LogP contribution in [0.1, 0.15) is 20.3 Å². The van der Waals surface area contributed by atoms with Crippen LogP contribution in [0.3, 0.4) is 0 Å². The van der Waals surface area contributed by atoms with Crippen molar-refractivity contribution < 1.29 is 4.39 Å². The molecule has 0 amide bonds. The van der Waals surface area contributed by atoms with Gasteiger partial charge >= 0.3 is 0 Å². The second kappa shape index (κ2) is 7.11. The van der Waals surface area contributed by atoms with Gasteiger partial charge in [0.15, 0.2) is 0 Å². The third kappa shape index (κ3) is 3.24. The molecule has 0 aliphatic heterocycles. The highest BCUT2D eigenvalue weighted by Crippen LogP contribution is 2.29. The highest BCUT2D eigenvalue weighted by molar-refractivity contribution is 5.79. The maximum Gasteiger partial charge on any atom is 0.274 e. The minimum Gasteiger partial charge on any atom is -0.352 e. The van der Waals surface area contributed by atoms with E-state index in [1.54, 1.807) is 43.2 Å². The number of rotatable bonds is 5. The molecule has 1 N–H and O–H groups in total. The first-order chi connectivity index (χ1) is 12.4. The van der Waals surface area contributed by atoms with Crippen LogP contribution in [0.15, 0.2) is 41.3 Å². The number of aromatic nitrogens is 4. The first kappa shape index (κ1) is 17.8. The summed E-state index contributed by atoms with van der Waals surface area (Å²) in [6.45, 7) is 4.13. The smallest absolute Gasteiger partial charge is 0.274 e. The average Bonchev–Trinajstić information content (AvgIpc) is 2.86. The number of hydrogen-bond donors (Lipinski definition) is 1. The van der Waals surface area contributed by atoms with Crippen LogP contribution in [0.25, 0.3) is 22.5 Å². The molecule has 2 aromatic heterocycles. The number of anilines is 1. The van der Waals surface area contributed by atoms with Crippen molar-refractivity contribution in [1.29, 1.82) is 0 Å². The SMILES string of the molecule is CCC(C)Nc1nccc(-c2c(-c3ccc(F)cc3)c(=O)n(C)n2C)n1. The van der Waals surface area contributed by atoms with Gasteiger partial charge in [-0.15, -0.1) is 0 Å². The summed E-state index contributed by atoms with van der Waals surface area (Å²) >= 11 is 0. The summed E-state index contributed by atoms with van der Waals surface area (Å²) in [4.78, 5) is 21.6. The van der Waals surface area contributed by atoms with Crippen molar-refractivity contribution >= 4 is 5.95 Å². The Kier molecular flexibility index (Phi) is 4.88. The fourth-order valence-corrected chi connectivity index (χ4v) is 2.76. The standard InChI is InChI=1S/C19H22FN5O/c1-5-12(2)22-19-21-11-10-15(23-19)17-16(18(26)25(4)24(17)3)13-6-8-14(20)9-7-13/h6-12H,5H2,1-4H3,(H,21,22,23). The Hall–Kier alpha value is -2.96. The van der Waals surface area contributed by atoms with Crippen LogP contribution in [-0.2, 0) is 14.1 Å². The predicted molar refractivity (Wildman–Crippen MR) is 100 cm³/mol. The van der Waals surface area contributed by atoms with E-state index in [9.17, 15) is 9.18 Å². The van der Waals surface area contributed by atoms with E-state index in [2.05, 4.69) is 29.1 Å². The van der Waals surface area contributed by atoms with E-state index in [-0.39, 0.29) is 17.4 Å². The summed E-state index contributed by atoms with van der Waals surface area (Å²) < 4.78 is 16.6. The summed E-state index contributed by atoms with van der Waals surface area (Å²) in [6.07, 6.45) is 2.61. The molecule has 0 aliphatic carbocycles. The molecule has 0 saturated heterocycles. The number of nitrogens with zero attached hydrogens (tertiary/aromatic N) is 4. The lowest BCUT2D eigenvalue weighted by molar-refractivity contribution is 0.583. The molecule has 0 aliphatic rings. The summed E-state index contributed by atoms with van der Waals surface area (Å²) in [5.74, 6) is 0.170. The molecular formula is C19H22FN5O. The van der Waals surface area contributed by atoms with Gasteiger partial charge in [-0.3, -0.25) is 14.2 Å². The van der Waals surface area contributed by atoms with Crippen LogP contribution in [0.4, 0.5) is 10.3 Å². The molecule has 0 bridgehead atoms. The lowest BCUT2D eigenvalue weighted by atomic mass is 10.0. The molecule has 0 fully saturated rings. The van der Waals surface area contributed by atoms with Crippen molar-refractivity contribution in [3.63, 3.8) is 0 Å². The minimum atomic E-state index is -0.342. The zero-order valence-electron chi connectivity index (χ0n) is 15.3. The lowest BCUT2D eigenvalue weighted by Gasteiger charge is -2.13. The molecule has 2 heterocycles. The van der Waals surface area contributed by atoms with Crippen LogP contribution < -0.4 is 10.9 Å². The van der Waals surface area contributed by atoms with Gasteiger partial charge in [0.25, 0.3) is 5.56 Å². The Morgan fingerprint density at radius 2 is 1.85 bits per heavy atom. The highest BCUT2D eigenvalue weighted by atomic mass is 19.1. The monoisotopic (exact) mass is 355 g/mol. The largest absolute Gasteiger partial charge is 0.352 e. The van der Waals surface area contributed by atoms with Gasteiger partial charge in [-0.1, -0.05) is 19.1 Å². The number of nitrogens with one attached hydrogen (secondary N) is 1. The first-order valence-electron chi connectivity index (χ1n) is 8.54. The van der Waals surface area contributed by atoms with Gasteiger partial charge < -0.3 is 5.32 Å². The number of hydrogen-bond acceptors (Lipinski definition) is 4. The topological polar surface area (TPSA) is 64.7 Å². The fraction of sp³-hybridized carbons (Fsp3) is 0.316. The molecule has 7 heteroatoms. The van der Waals surface area contributed by atoms with Crippen LogP contribution in [-0.4, -0.2) is 25.4 Å². The maximum atomic E-state index is 13.3. The predicted octanol–water partition coefficient (Wildman–Crippen LogP) is 3.20. The van der Waals surface area contributed by atoms with Crippen molar-refractivity contribution in [2.75, 3.05) is 5.32 Å². The molecule has 1 atom stereocenters. The van der Waals surface area contributed by atoms with Gasteiger partial charge in [0.05, 0.1) is 17.0 Å². The zero-order valence-corrected chi connectivity index (χ0v) is 15.3. The molecular weight excluding hydrogens is 333 g/mol. The van der Waals surface area contributed by atoms with E-state index in [1.165, 1.54) is 16.8 Å². The molecule has 136 valence electrons. The van der Waals surface area contributed by atoms with E-state index in [0.29, 0.717) is 28.5 Å². The summed E-state index contributed by atoms with van der Waals surface area (Å²) in [7, 11) is 3.49. The Balaban J connectivity index is 2.17. The van der Waals surface area contributed by atoms with Crippen LogP contribution in [0.5, 0.6) is 0 Å². The fourth-order valence-electron chi connectivity index (χ4n) is 2.76. The van der Waals surface area contributed by atoms with Gasteiger partial charge in [-0.2, -0.15) is 0 Å². The normalized spacial score (nSPS) is 12.2. The van der Waals surface area contributed by atoms with Gasteiger partial charge in [-0.25, -0.2) is 14.4 Å². The lowest BCUT2D eigenvalue weighted by Crippen LogP contribution is -2.17. The van der Waals surface area contributed by atoms with E-state index in [4.69, 9.17) is 0 Å².